The van der Waals surface area contributed by atoms with Crippen LogP contribution in [0.4, 0.5) is 11.4 Å². The van der Waals surface area contributed by atoms with Crippen molar-refractivity contribution < 1.29 is 14.3 Å². The molecule has 0 unspecified atom stereocenters. The molecule has 0 bridgehead atoms. The number of nitrogens with one attached hydrogen (secondary N) is 1. The van der Waals surface area contributed by atoms with E-state index in [0.717, 1.165) is 39.1 Å². The van der Waals surface area contributed by atoms with E-state index in [1.165, 1.54) is 0 Å². The Kier molecular flexibility index (Phi) is 5.16. The third-order valence-electron chi connectivity index (χ3n) is 4.67. The first-order valence-corrected chi connectivity index (χ1v) is 9.86. The molecule has 144 valence electrons. The van der Waals surface area contributed by atoms with Gasteiger partial charge < -0.3 is 19.7 Å². The highest BCUT2D eigenvalue weighted by atomic mass is 32.1. The first kappa shape index (κ1) is 18.3. The van der Waals surface area contributed by atoms with Gasteiger partial charge in [-0.2, -0.15) is 0 Å². The van der Waals surface area contributed by atoms with E-state index in [4.69, 9.17) is 14.5 Å². The number of amides is 1. The monoisotopic (exact) mass is 395 g/mol. The molecule has 1 N–H and O–H groups in total. The summed E-state index contributed by atoms with van der Waals surface area (Å²) in [5, 5.41) is 5.92. The Morgan fingerprint density at radius 2 is 2.04 bits per heavy atom. The topological polar surface area (TPSA) is 63.7 Å². The Balaban J connectivity index is 1.60. The average molecular weight is 395 g/mol. The summed E-state index contributed by atoms with van der Waals surface area (Å²) in [5.74, 6) is 1.52. The number of aromatic nitrogens is 1. The van der Waals surface area contributed by atoms with E-state index < -0.39 is 0 Å². The van der Waals surface area contributed by atoms with Gasteiger partial charge in [0.15, 0.2) is 0 Å². The van der Waals surface area contributed by atoms with Gasteiger partial charge in [-0.15, -0.1) is 11.3 Å². The lowest BCUT2D eigenvalue weighted by atomic mass is 10.2. The predicted octanol–water partition coefficient (Wildman–Crippen LogP) is 4.18. The number of methoxy groups -OCH3 is 2. The number of ether oxygens (including phenoxy) is 2. The Bertz CT molecular complexity index is 1000. The number of anilines is 2. The molecule has 0 atom stereocenters. The largest absolute Gasteiger partial charge is 0.497 e. The van der Waals surface area contributed by atoms with Crippen LogP contribution in [0, 0.1) is 0 Å². The Hall–Kier alpha value is -3.06. The van der Waals surface area contributed by atoms with Crippen molar-refractivity contribution in [1.29, 1.82) is 0 Å². The van der Waals surface area contributed by atoms with Crippen molar-refractivity contribution in [1.82, 2.24) is 4.98 Å². The third-order valence-corrected chi connectivity index (χ3v) is 5.60. The molecule has 2 heterocycles. The molecule has 4 rings (SSSR count). The van der Waals surface area contributed by atoms with Crippen molar-refractivity contribution in [2.75, 3.05) is 31.0 Å². The number of fused-ring (bicyclic) bond motifs is 1. The maximum Gasteiger partial charge on any atom is 0.226 e. The fourth-order valence-corrected chi connectivity index (χ4v) is 4.10. The summed E-state index contributed by atoms with van der Waals surface area (Å²) in [4.78, 5) is 19.0. The van der Waals surface area contributed by atoms with E-state index >= 15 is 0 Å². The normalized spacial score (nSPS) is 13.5. The summed E-state index contributed by atoms with van der Waals surface area (Å²) < 4.78 is 10.8. The minimum atomic E-state index is 0.0388. The lowest BCUT2D eigenvalue weighted by molar-refractivity contribution is -0.115. The fraction of sp³-hybridized carbons (Fsp3) is 0.238. The lowest BCUT2D eigenvalue weighted by Gasteiger charge is -2.23. The molecule has 0 fully saturated rings. The van der Waals surface area contributed by atoms with Gasteiger partial charge >= 0.3 is 0 Å². The molecule has 1 aliphatic heterocycles. The van der Waals surface area contributed by atoms with Crippen molar-refractivity contribution in [3.8, 4) is 22.1 Å². The van der Waals surface area contributed by atoms with Crippen LogP contribution >= 0.6 is 11.3 Å². The quantitative estimate of drug-likeness (QED) is 0.702. The Labute approximate surface area is 167 Å². The Morgan fingerprint density at radius 1 is 1.18 bits per heavy atom. The number of carbonyl (C=O) groups is 1. The maximum absolute atomic E-state index is 12.0. The summed E-state index contributed by atoms with van der Waals surface area (Å²) in [7, 11) is 3.28. The number of benzene rings is 2. The zero-order chi connectivity index (χ0) is 19.5. The van der Waals surface area contributed by atoms with Crippen molar-refractivity contribution in [3.63, 3.8) is 0 Å². The molecule has 0 aliphatic carbocycles. The van der Waals surface area contributed by atoms with Gasteiger partial charge in [-0.3, -0.25) is 4.79 Å². The highest BCUT2D eigenvalue weighted by Crippen LogP contribution is 2.36. The summed E-state index contributed by atoms with van der Waals surface area (Å²) in [5.41, 5.74) is 3.76. The van der Waals surface area contributed by atoms with Crippen LogP contribution in [0.2, 0.25) is 0 Å². The number of hydrogen-bond acceptors (Lipinski definition) is 6. The lowest BCUT2D eigenvalue weighted by Crippen LogP contribution is -2.24. The molecule has 1 amide bonds. The summed E-state index contributed by atoms with van der Waals surface area (Å²) >= 11 is 1.58. The van der Waals surface area contributed by atoms with Gasteiger partial charge in [-0.05, 0) is 24.3 Å². The van der Waals surface area contributed by atoms with E-state index in [9.17, 15) is 4.79 Å². The molecule has 6 nitrogen and oxygen atoms in total. The third kappa shape index (κ3) is 3.66. The van der Waals surface area contributed by atoms with Crippen LogP contribution < -0.4 is 19.7 Å². The van der Waals surface area contributed by atoms with Gasteiger partial charge in [0.05, 0.1) is 43.4 Å². The average Bonchev–Trinajstić information content (AvgIpc) is 3.12. The Morgan fingerprint density at radius 3 is 2.86 bits per heavy atom. The van der Waals surface area contributed by atoms with Gasteiger partial charge in [-0.25, -0.2) is 4.98 Å². The zero-order valence-corrected chi connectivity index (χ0v) is 16.6. The molecule has 0 spiro atoms. The SMILES string of the molecule is COc1ccc(-c2nc(CN3CCC(=O)Nc4ccccc43)cs2)c(OC)c1. The van der Waals surface area contributed by atoms with Crippen LogP contribution in [0.1, 0.15) is 12.1 Å². The van der Waals surface area contributed by atoms with Gasteiger partial charge in [0.1, 0.15) is 16.5 Å². The van der Waals surface area contributed by atoms with Gasteiger partial charge in [0, 0.05) is 24.4 Å². The second-order valence-electron chi connectivity index (χ2n) is 6.45. The van der Waals surface area contributed by atoms with Crippen molar-refractivity contribution in [3.05, 3.63) is 53.5 Å². The van der Waals surface area contributed by atoms with Crippen LogP contribution in [0.25, 0.3) is 10.6 Å². The minimum absolute atomic E-state index is 0.0388. The van der Waals surface area contributed by atoms with E-state index in [1.807, 2.05) is 42.5 Å². The van der Waals surface area contributed by atoms with Crippen molar-refractivity contribution in [2.24, 2.45) is 0 Å². The summed E-state index contributed by atoms with van der Waals surface area (Å²) in [6, 6.07) is 13.6. The first-order valence-electron chi connectivity index (χ1n) is 8.98. The highest BCUT2D eigenvalue weighted by molar-refractivity contribution is 7.13. The number of hydrogen-bond donors (Lipinski definition) is 1. The number of thiazole rings is 1. The number of para-hydroxylation sites is 2. The smallest absolute Gasteiger partial charge is 0.226 e. The molecule has 28 heavy (non-hydrogen) atoms. The fourth-order valence-electron chi connectivity index (χ4n) is 3.26. The standard InChI is InChI=1S/C21H21N3O3S/c1-26-15-7-8-16(19(11-15)27-2)21-22-14(13-28-21)12-24-10-9-20(25)23-17-5-3-4-6-18(17)24/h3-8,11,13H,9-10,12H2,1-2H3,(H,23,25). The van der Waals surface area contributed by atoms with Crippen LogP contribution in [0.15, 0.2) is 47.8 Å². The number of rotatable bonds is 5. The zero-order valence-electron chi connectivity index (χ0n) is 15.8. The maximum atomic E-state index is 12.0. The molecule has 3 aromatic rings. The first-order chi connectivity index (χ1) is 13.7. The molecular formula is C21H21N3O3S. The van der Waals surface area contributed by atoms with E-state index in [1.54, 1.807) is 25.6 Å². The number of nitrogens with zero attached hydrogens (tertiary/aromatic N) is 2. The molecule has 0 saturated carbocycles. The minimum Gasteiger partial charge on any atom is -0.497 e. The molecule has 2 aromatic carbocycles. The number of carbonyl (C=O) groups excluding carboxylic acids is 1. The van der Waals surface area contributed by atoms with Gasteiger partial charge in [0.25, 0.3) is 0 Å². The predicted molar refractivity (Wildman–Crippen MR) is 111 cm³/mol. The summed E-state index contributed by atoms with van der Waals surface area (Å²) in [6.45, 7) is 1.29. The second kappa shape index (κ2) is 7.90. The van der Waals surface area contributed by atoms with Crippen LogP contribution in [0.3, 0.4) is 0 Å². The van der Waals surface area contributed by atoms with Gasteiger partial charge in [-0.1, -0.05) is 12.1 Å². The van der Waals surface area contributed by atoms with Crippen LogP contribution in [-0.4, -0.2) is 31.7 Å². The van der Waals surface area contributed by atoms with E-state index in [2.05, 4.69) is 15.6 Å². The molecule has 0 saturated heterocycles. The van der Waals surface area contributed by atoms with E-state index in [0.29, 0.717) is 19.5 Å². The second-order valence-corrected chi connectivity index (χ2v) is 7.31. The molecular weight excluding hydrogens is 374 g/mol. The highest BCUT2D eigenvalue weighted by Gasteiger charge is 2.20. The van der Waals surface area contributed by atoms with Crippen molar-refractivity contribution in [2.45, 2.75) is 13.0 Å². The molecule has 1 aliphatic rings. The molecule has 7 heteroatoms. The molecule has 1 aromatic heterocycles. The van der Waals surface area contributed by atoms with Crippen molar-refractivity contribution >= 4 is 28.6 Å². The summed E-state index contributed by atoms with van der Waals surface area (Å²) in [6.07, 6.45) is 0.456. The van der Waals surface area contributed by atoms with Crippen LogP contribution in [-0.2, 0) is 11.3 Å². The van der Waals surface area contributed by atoms with E-state index in [-0.39, 0.29) is 5.91 Å². The van der Waals surface area contributed by atoms with Gasteiger partial charge in [0.2, 0.25) is 5.91 Å². The molecule has 0 radical (unpaired) electrons. The van der Waals surface area contributed by atoms with Crippen LogP contribution in [0.5, 0.6) is 11.5 Å².